The van der Waals surface area contributed by atoms with Crippen molar-refractivity contribution in [3.8, 4) is 22.3 Å². The highest BCUT2D eigenvalue weighted by Gasteiger charge is 2.39. The lowest BCUT2D eigenvalue weighted by Crippen LogP contribution is -2.74. The van der Waals surface area contributed by atoms with E-state index in [4.69, 9.17) is 0 Å². The van der Waals surface area contributed by atoms with Gasteiger partial charge in [-0.3, -0.25) is 0 Å². The highest BCUT2D eigenvalue weighted by Crippen LogP contribution is 2.55. The Morgan fingerprint density at radius 3 is 0.893 bits per heavy atom. The molecule has 56 heavy (non-hydrogen) atoms. The summed E-state index contributed by atoms with van der Waals surface area (Å²) in [6.07, 6.45) is 13.4. The maximum absolute atomic E-state index is 2.60. The second-order valence-electron chi connectivity index (χ2n) is 16.2. The molecule has 2 heteroatoms. The molecule has 0 aliphatic heterocycles. The molecule has 2 saturated carbocycles. The molecule has 9 rings (SSSR count). The number of benzene rings is 7. The van der Waals surface area contributed by atoms with Crippen LogP contribution in [0.4, 0.5) is 0 Å². The van der Waals surface area contributed by atoms with E-state index in [0.717, 1.165) is 11.3 Å². The van der Waals surface area contributed by atoms with Crippen LogP contribution in [0, 0.1) is 0 Å². The number of rotatable bonds is 9. The zero-order chi connectivity index (χ0) is 37.8. The largest absolute Gasteiger partial charge is 0.195 e. The fourth-order valence-corrected chi connectivity index (χ4v) is 14.5. The second kappa shape index (κ2) is 18.8. The van der Waals surface area contributed by atoms with Gasteiger partial charge in [-0.25, -0.2) is 0 Å². The third-order valence-electron chi connectivity index (χ3n) is 12.8. The van der Waals surface area contributed by atoms with Gasteiger partial charge in [0.2, 0.25) is 0 Å². The first kappa shape index (κ1) is 37.9. The van der Waals surface area contributed by atoms with Crippen LogP contribution in [0.2, 0.25) is 0 Å². The lowest BCUT2D eigenvalue weighted by atomic mass is 9.13. The van der Waals surface area contributed by atoms with E-state index < -0.39 is 14.1 Å². The minimum Gasteiger partial charge on any atom is -0.195 e. The van der Waals surface area contributed by atoms with E-state index in [-0.39, 0.29) is 0 Å². The van der Waals surface area contributed by atoms with Crippen molar-refractivity contribution in [2.75, 3.05) is 0 Å². The molecule has 0 aromatic heterocycles. The molecule has 0 radical (unpaired) electrons. The summed E-state index contributed by atoms with van der Waals surface area (Å²) < 4.78 is 0. The maximum atomic E-state index is 2.60. The van der Waals surface area contributed by atoms with Crippen molar-refractivity contribution >= 4 is 41.2 Å². The molecule has 0 nitrogen and oxygen atoms in total. The minimum absolute atomic E-state index is 0.582. The molecule has 7 aromatic carbocycles. The van der Waals surface area contributed by atoms with Gasteiger partial charge < -0.3 is 0 Å². The molecule has 0 bridgehead atoms. The highest BCUT2D eigenvalue weighted by atomic mass is 31.1. The SMILES string of the molecule is c1ccc(-c2cc(-c3ccccc3)cc([PH+](C3CCCCC3)C3CCCCC3)c2)cc1.c1ccc([B-](c2ccccc2)(c2ccccc2)c2ccccc2)cc1. The standard InChI is InChI=1S/C30H35P.C24H20B/c1-5-13-24(14-6-1)26-21-27(25-15-7-2-8-16-25)23-30(22-26)31(28-17-9-3-10-18-28)29-19-11-4-12-20-29;1-5-13-21(14-6-1)25(22-15-7-2-8-16-22,23-17-9-3-10-18-23)24-19-11-4-12-20-24/h1-2,5-8,13-16,21-23,28-29H,3-4,9-12,17-20H2;1-20H/q;-1/p+1. The fraction of sp³-hybridized carbons (Fsp3) is 0.222. The molecule has 0 amide bonds. The van der Waals surface area contributed by atoms with E-state index in [9.17, 15) is 0 Å². The van der Waals surface area contributed by atoms with Gasteiger partial charge in [-0.05, 0) is 91.8 Å². The van der Waals surface area contributed by atoms with Gasteiger partial charge in [0.1, 0.15) is 6.15 Å². The highest BCUT2D eigenvalue weighted by molar-refractivity contribution is 7.67. The first-order chi connectivity index (χ1) is 27.8. The summed E-state index contributed by atoms with van der Waals surface area (Å²) in [6, 6.07) is 73.2. The molecular weight excluding hydrogens is 690 g/mol. The summed E-state index contributed by atoms with van der Waals surface area (Å²) in [5.41, 5.74) is 12.8. The monoisotopic (exact) mass is 746 g/mol. The van der Waals surface area contributed by atoms with Crippen LogP contribution >= 0.6 is 7.92 Å². The predicted octanol–water partition coefficient (Wildman–Crippen LogP) is 11.6. The Hall–Kier alpha value is -4.97. The molecule has 0 spiro atoms. The Morgan fingerprint density at radius 2 is 0.589 bits per heavy atom. The van der Waals surface area contributed by atoms with Crippen molar-refractivity contribution in [3.05, 3.63) is 200 Å². The normalized spacial score (nSPS) is 15.2. The Morgan fingerprint density at radius 1 is 0.304 bits per heavy atom. The summed E-state index contributed by atoms with van der Waals surface area (Å²) >= 11 is 0. The van der Waals surface area contributed by atoms with E-state index in [2.05, 4.69) is 200 Å². The van der Waals surface area contributed by atoms with Gasteiger partial charge >= 0.3 is 0 Å². The molecule has 0 atom stereocenters. The first-order valence-corrected chi connectivity index (χ1v) is 23.0. The van der Waals surface area contributed by atoms with Crippen molar-refractivity contribution in [2.45, 2.75) is 75.5 Å². The Bertz CT molecular complexity index is 1950. The summed E-state index contributed by atoms with van der Waals surface area (Å²) in [7, 11) is -0.582. The van der Waals surface area contributed by atoms with Gasteiger partial charge in [-0.2, -0.15) is 21.9 Å². The summed E-state index contributed by atoms with van der Waals surface area (Å²) in [6.45, 7) is 0. The number of hydrogen-bond donors (Lipinski definition) is 0. The third kappa shape index (κ3) is 8.55. The van der Waals surface area contributed by atoms with Gasteiger partial charge in [0.25, 0.3) is 0 Å². The van der Waals surface area contributed by atoms with E-state index in [0.29, 0.717) is 0 Å². The van der Waals surface area contributed by atoms with Crippen molar-refractivity contribution in [1.82, 2.24) is 0 Å². The summed E-state index contributed by atoms with van der Waals surface area (Å²) in [5, 5.41) is 1.71. The molecule has 0 heterocycles. The molecule has 0 N–H and O–H groups in total. The van der Waals surface area contributed by atoms with Gasteiger partial charge in [0, 0.05) is 7.92 Å². The quantitative estimate of drug-likeness (QED) is 0.102. The van der Waals surface area contributed by atoms with Crippen LogP contribution in [0.1, 0.15) is 64.2 Å². The van der Waals surface area contributed by atoms with E-state index in [1.54, 1.807) is 5.30 Å². The lowest BCUT2D eigenvalue weighted by Gasteiger charge is -2.44. The Labute approximate surface area is 337 Å². The minimum atomic E-state index is -1.22. The third-order valence-corrected chi connectivity index (χ3v) is 16.6. The van der Waals surface area contributed by atoms with Gasteiger partial charge in [0.15, 0.2) is 0 Å². The molecule has 0 unspecified atom stereocenters. The summed E-state index contributed by atoms with van der Waals surface area (Å²) in [4.78, 5) is 0. The fourth-order valence-electron chi connectivity index (χ4n) is 10.1. The molecule has 2 fully saturated rings. The van der Waals surface area contributed by atoms with Crippen molar-refractivity contribution in [2.24, 2.45) is 0 Å². The van der Waals surface area contributed by atoms with Crippen LogP contribution in [0.3, 0.4) is 0 Å². The molecular formula is C54H56BP. The van der Waals surface area contributed by atoms with Crippen molar-refractivity contribution in [3.63, 3.8) is 0 Å². The smallest absolute Gasteiger partial charge is 0.108 e. The average Bonchev–Trinajstić information content (AvgIpc) is 3.30. The predicted molar refractivity (Wildman–Crippen MR) is 249 cm³/mol. The number of hydrogen-bond acceptors (Lipinski definition) is 0. The van der Waals surface area contributed by atoms with Gasteiger partial charge in [-0.1, -0.05) is 195 Å². The van der Waals surface area contributed by atoms with Crippen molar-refractivity contribution in [1.29, 1.82) is 0 Å². The van der Waals surface area contributed by atoms with Gasteiger partial charge in [0.05, 0.1) is 16.6 Å². The van der Waals surface area contributed by atoms with E-state index in [1.165, 1.54) is 108 Å². The van der Waals surface area contributed by atoms with E-state index in [1.807, 2.05) is 0 Å². The molecule has 0 saturated heterocycles. The van der Waals surface area contributed by atoms with Crippen LogP contribution in [-0.4, -0.2) is 17.5 Å². The molecule has 2 aliphatic rings. The summed E-state index contributed by atoms with van der Waals surface area (Å²) in [5.74, 6) is 0. The first-order valence-electron chi connectivity index (χ1n) is 21.3. The molecule has 2 aliphatic carbocycles. The Balaban J connectivity index is 0.000000161. The van der Waals surface area contributed by atoms with Crippen LogP contribution in [0.25, 0.3) is 22.3 Å². The molecule has 7 aromatic rings. The average molecular weight is 747 g/mol. The molecule has 280 valence electrons. The zero-order valence-electron chi connectivity index (χ0n) is 32.9. The maximum Gasteiger partial charge on any atom is 0.108 e. The topological polar surface area (TPSA) is 0 Å². The van der Waals surface area contributed by atoms with E-state index >= 15 is 0 Å². The second-order valence-corrected chi connectivity index (χ2v) is 19.3. The van der Waals surface area contributed by atoms with Crippen LogP contribution < -0.4 is 27.2 Å². The van der Waals surface area contributed by atoms with Crippen molar-refractivity contribution < 1.29 is 0 Å². The van der Waals surface area contributed by atoms with Crippen LogP contribution in [0.15, 0.2) is 200 Å². The lowest BCUT2D eigenvalue weighted by molar-refractivity contribution is 0.487. The zero-order valence-corrected chi connectivity index (χ0v) is 33.9. The van der Waals surface area contributed by atoms with Crippen LogP contribution in [0.5, 0.6) is 0 Å². The van der Waals surface area contributed by atoms with Crippen LogP contribution in [-0.2, 0) is 0 Å². The Kier molecular flexibility index (Phi) is 12.7. The van der Waals surface area contributed by atoms with Gasteiger partial charge in [-0.15, -0.1) is 0 Å².